The van der Waals surface area contributed by atoms with Crippen molar-refractivity contribution < 1.29 is 14.3 Å². The number of hydrogen-bond acceptors (Lipinski definition) is 3. The van der Waals surface area contributed by atoms with Gasteiger partial charge in [0.05, 0.1) is 6.61 Å². The van der Waals surface area contributed by atoms with E-state index in [9.17, 15) is 9.59 Å². The van der Waals surface area contributed by atoms with E-state index in [-0.39, 0.29) is 5.91 Å². The lowest BCUT2D eigenvalue weighted by Crippen LogP contribution is -2.42. The van der Waals surface area contributed by atoms with Gasteiger partial charge in [0.2, 0.25) is 11.8 Å². The van der Waals surface area contributed by atoms with Crippen LogP contribution in [0.5, 0.6) is 0 Å². The average Bonchev–Trinajstić information content (AvgIpc) is 2.58. The molecule has 3 N–H and O–H groups in total. The van der Waals surface area contributed by atoms with Crippen molar-refractivity contribution in [1.82, 2.24) is 5.32 Å². The third kappa shape index (κ3) is 4.93. The number of carbonyl (C=O) groups is 2. The monoisotopic (exact) mass is 312 g/mol. The minimum absolute atomic E-state index is 0.321. The van der Waals surface area contributed by atoms with Crippen molar-refractivity contribution >= 4 is 11.8 Å². The molecule has 120 valence electrons. The van der Waals surface area contributed by atoms with Gasteiger partial charge in [-0.05, 0) is 18.1 Å². The molecule has 0 spiro atoms. The molecule has 2 aromatic rings. The fourth-order valence-corrected chi connectivity index (χ4v) is 2.09. The lowest BCUT2D eigenvalue weighted by molar-refractivity contribution is -0.135. The van der Waals surface area contributed by atoms with E-state index in [1.54, 1.807) is 31.2 Å². The minimum Gasteiger partial charge on any atom is -0.368 e. The maximum Gasteiger partial charge on any atom is 0.249 e. The second kappa shape index (κ2) is 8.10. The Balaban J connectivity index is 1.94. The first-order valence-electron chi connectivity index (χ1n) is 7.38. The van der Waals surface area contributed by atoms with Gasteiger partial charge in [0.15, 0.2) is 0 Å². The SMILES string of the molecule is CC(OCc1ccccc1)C(=O)NC(C(N)=O)c1ccccc1. The molecule has 2 amide bonds. The van der Waals surface area contributed by atoms with E-state index in [0.717, 1.165) is 5.56 Å². The Kier molecular flexibility index (Phi) is 5.88. The Morgan fingerprint density at radius 1 is 1.04 bits per heavy atom. The highest BCUT2D eigenvalue weighted by Crippen LogP contribution is 2.12. The van der Waals surface area contributed by atoms with Crippen LogP contribution >= 0.6 is 0 Å². The molecule has 0 aliphatic heterocycles. The van der Waals surface area contributed by atoms with E-state index in [4.69, 9.17) is 10.5 Å². The molecule has 5 heteroatoms. The highest BCUT2D eigenvalue weighted by Gasteiger charge is 2.23. The van der Waals surface area contributed by atoms with E-state index in [1.165, 1.54) is 0 Å². The number of ether oxygens (including phenoxy) is 1. The lowest BCUT2D eigenvalue weighted by atomic mass is 10.1. The second-order valence-electron chi connectivity index (χ2n) is 5.19. The van der Waals surface area contributed by atoms with Crippen LogP contribution in [-0.2, 0) is 20.9 Å². The molecule has 0 radical (unpaired) electrons. The van der Waals surface area contributed by atoms with Crippen molar-refractivity contribution in [2.24, 2.45) is 5.73 Å². The van der Waals surface area contributed by atoms with Crippen molar-refractivity contribution in [3.8, 4) is 0 Å². The maximum atomic E-state index is 12.2. The van der Waals surface area contributed by atoms with Crippen LogP contribution in [0.3, 0.4) is 0 Å². The first kappa shape index (κ1) is 16.7. The third-order valence-corrected chi connectivity index (χ3v) is 3.42. The summed E-state index contributed by atoms with van der Waals surface area (Å²) in [6.45, 7) is 1.96. The highest BCUT2D eigenvalue weighted by atomic mass is 16.5. The summed E-state index contributed by atoms with van der Waals surface area (Å²) >= 11 is 0. The van der Waals surface area contributed by atoms with E-state index in [1.807, 2.05) is 36.4 Å². The summed E-state index contributed by atoms with van der Waals surface area (Å²) in [4.78, 5) is 23.8. The zero-order chi connectivity index (χ0) is 16.7. The summed E-state index contributed by atoms with van der Waals surface area (Å²) in [5, 5.41) is 2.63. The number of carbonyl (C=O) groups excluding carboxylic acids is 2. The van der Waals surface area contributed by atoms with Crippen LogP contribution < -0.4 is 11.1 Å². The number of nitrogens with two attached hydrogens (primary N) is 1. The van der Waals surface area contributed by atoms with Crippen LogP contribution in [0.15, 0.2) is 60.7 Å². The molecule has 23 heavy (non-hydrogen) atoms. The van der Waals surface area contributed by atoms with Crippen molar-refractivity contribution in [3.63, 3.8) is 0 Å². The normalized spacial score (nSPS) is 13.1. The fourth-order valence-electron chi connectivity index (χ4n) is 2.09. The Hall–Kier alpha value is -2.66. The predicted octanol–water partition coefficient (Wildman–Crippen LogP) is 1.93. The van der Waals surface area contributed by atoms with Crippen molar-refractivity contribution in [1.29, 1.82) is 0 Å². The van der Waals surface area contributed by atoms with Gasteiger partial charge >= 0.3 is 0 Å². The summed E-state index contributed by atoms with van der Waals surface area (Å²) in [6.07, 6.45) is -0.694. The third-order valence-electron chi connectivity index (χ3n) is 3.42. The molecule has 0 saturated heterocycles. The maximum absolute atomic E-state index is 12.2. The zero-order valence-electron chi connectivity index (χ0n) is 12.9. The summed E-state index contributed by atoms with van der Waals surface area (Å²) in [5.41, 5.74) is 7.00. The molecule has 0 aliphatic rings. The van der Waals surface area contributed by atoms with E-state index >= 15 is 0 Å². The molecule has 2 aromatic carbocycles. The van der Waals surface area contributed by atoms with E-state index in [0.29, 0.717) is 12.2 Å². The number of nitrogens with one attached hydrogen (secondary N) is 1. The molecular formula is C18H20N2O3. The molecule has 0 fully saturated rings. The molecule has 0 saturated carbocycles. The Bertz CT molecular complexity index is 644. The summed E-state index contributed by atoms with van der Waals surface area (Å²) in [5.74, 6) is -0.992. The van der Waals surface area contributed by atoms with Gasteiger partial charge in [0, 0.05) is 0 Å². The molecule has 0 heterocycles. The van der Waals surface area contributed by atoms with Gasteiger partial charge in [-0.15, -0.1) is 0 Å². The highest BCUT2D eigenvalue weighted by molar-refractivity contribution is 5.89. The summed E-state index contributed by atoms with van der Waals surface area (Å²) in [6, 6.07) is 17.6. The van der Waals surface area contributed by atoms with Gasteiger partial charge in [-0.2, -0.15) is 0 Å². The smallest absolute Gasteiger partial charge is 0.249 e. The van der Waals surface area contributed by atoms with E-state index in [2.05, 4.69) is 5.32 Å². The molecule has 2 rings (SSSR count). The molecule has 2 atom stereocenters. The molecular weight excluding hydrogens is 292 g/mol. The first-order chi connectivity index (χ1) is 11.1. The summed E-state index contributed by atoms with van der Waals surface area (Å²) < 4.78 is 5.54. The van der Waals surface area contributed by atoms with Gasteiger partial charge in [0.1, 0.15) is 12.1 Å². The van der Waals surface area contributed by atoms with Crippen molar-refractivity contribution in [3.05, 3.63) is 71.8 Å². The van der Waals surface area contributed by atoms with Crippen LogP contribution in [-0.4, -0.2) is 17.9 Å². The number of rotatable bonds is 7. The topological polar surface area (TPSA) is 81.4 Å². The van der Waals surface area contributed by atoms with E-state index < -0.39 is 18.1 Å². The molecule has 5 nitrogen and oxygen atoms in total. The van der Waals surface area contributed by atoms with Crippen molar-refractivity contribution in [2.75, 3.05) is 0 Å². The van der Waals surface area contributed by atoms with Crippen LogP contribution in [0.2, 0.25) is 0 Å². The van der Waals surface area contributed by atoms with Crippen LogP contribution in [0, 0.1) is 0 Å². The fraction of sp³-hybridized carbons (Fsp3) is 0.222. The largest absolute Gasteiger partial charge is 0.368 e. The van der Waals surface area contributed by atoms with Crippen LogP contribution in [0.25, 0.3) is 0 Å². The molecule has 0 bridgehead atoms. The number of hydrogen-bond donors (Lipinski definition) is 2. The van der Waals surface area contributed by atoms with Gasteiger partial charge in [-0.1, -0.05) is 60.7 Å². The molecule has 0 aliphatic carbocycles. The number of amides is 2. The van der Waals surface area contributed by atoms with Gasteiger partial charge in [-0.3, -0.25) is 9.59 Å². The van der Waals surface area contributed by atoms with Gasteiger partial charge in [-0.25, -0.2) is 0 Å². The second-order valence-corrected chi connectivity index (χ2v) is 5.19. The predicted molar refractivity (Wildman–Crippen MR) is 87.2 cm³/mol. The van der Waals surface area contributed by atoms with Crippen LogP contribution in [0.4, 0.5) is 0 Å². The Morgan fingerprint density at radius 2 is 1.61 bits per heavy atom. The quantitative estimate of drug-likeness (QED) is 0.819. The molecule has 2 unspecified atom stereocenters. The Morgan fingerprint density at radius 3 is 2.17 bits per heavy atom. The van der Waals surface area contributed by atoms with Gasteiger partial charge < -0.3 is 15.8 Å². The number of primary amides is 1. The first-order valence-corrected chi connectivity index (χ1v) is 7.38. The zero-order valence-corrected chi connectivity index (χ0v) is 12.9. The summed E-state index contributed by atoms with van der Waals surface area (Å²) in [7, 11) is 0. The van der Waals surface area contributed by atoms with Crippen molar-refractivity contribution in [2.45, 2.75) is 25.7 Å². The average molecular weight is 312 g/mol. The Labute approximate surface area is 135 Å². The lowest BCUT2D eigenvalue weighted by Gasteiger charge is -2.19. The standard InChI is InChI=1S/C18H20N2O3/c1-13(23-12-14-8-4-2-5-9-14)18(22)20-16(17(19)21)15-10-6-3-7-11-15/h2-11,13,16H,12H2,1H3,(H2,19,21)(H,20,22). The molecule has 0 aromatic heterocycles. The number of benzene rings is 2. The van der Waals surface area contributed by atoms with Gasteiger partial charge in [0.25, 0.3) is 0 Å². The van der Waals surface area contributed by atoms with Crippen LogP contribution in [0.1, 0.15) is 24.1 Å². The minimum atomic E-state index is -0.869.